The third-order valence-corrected chi connectivity index (χ3v) is 3.77. The standard InChI is InChI=1S/C18H18N4O3/c1-12-15(24-2)10-13(11-16(12)25-3)18(23)21-14-6-4-7-19-17(14)22-9-5-8-20-22/h4-11H,1-3H3,(H,21,23). The maximum Gasteiger partial charge on any atom is 0.256 e. The van der Waals surface area contributed by atoms with Crippen molar-refractivity contribution in [2.45, 2.75) is 6.92 Å². The van der Waals surface area contributed by atoms with Crippen molar-refractivity contribution >= 4 is 11.6 Å². The number of aromatic nitrogens is 3. The molecule has 0 aliphatic rings. The molecular weight excluding hydrogens is 320 g/mol. The Morgan fingerprint density at radius 3 is 2.44 bits per heavy atom. The van der Waals surface area contributed by atoms with Crippen LogP contribution in [0.1, 0.15) is 15.9 Å². The van der Waals surface area contributed by atoms with E-state index in [-0.39, 0.29) is 5.91 Å². The minimum absolute atomic E-state index is 0.294. The molecule has 0 atom stereocenters. The van der Waals surface area contributed by atoms with E-state index in [0.717, 1.165) is 5.56 Å². The van der Waals surface area contributed by atoms with Gasteiger partial charge in [-0.2, -0.15) is 5.10 Å². The molecule has 0 saturated heterocycles. The Morgan fingerprint density at radius 2 is 1.84 bits per heavy atom. The average Bonchev–Trinajstić information content (AvgIpc) is 3.16. The number of rotatable bonds is 5. The summed E-state index contributed by atoms with van der Waals surface area (Å²) >= 11 is 0. The second kappa shape index (κ2) is 7.04. The molecule has 25 heavy (non-hydrogen) atoms. The van der Waals surface area contributed by atoms with Crippen LogP contribution in [0.2, 0.25) is 0 Å². The molecule has 0 saturated carbocycles. The van der Waals surface area contributed by atoms with Crippen LogP contribution in [0.4, 0.5) is 5.69 Å². The van der Waals surface area contributed by atoms with Gasteiger partial charge in [0, 0.05) is 29.7 Å². The molecule has 2 heterocycles. The van der Waals surface area contributed by atoms with Gasteiger partial charge in [0.2, 0.25) is 0 Å². The monoisotopic (exact) mass is 338 g/mol. The fraction of sp³-hybridized carbons (Fsp3) is 0.167. The summed E-state index contributed by atoms with van der Waals surface area (Å²) in [7, 11) is 3.11. The maximum absolute atomic E-state index is 12.7. The molecule has 2 aromatic heterocycles. The highest BCUT2D eigenvalue weighted by Crippen LogP contribution is 2.30. The van der Waals surface area contributed by atoms with Gasteiger partial charge >= 0.3 is 0 Å². The van der Waals surface area contributed by atoms with E-state index >= 15 is 0 Å². The normalized spacial score (nSPS) is 10.4. The second-order valence-corrected chi connectivity index (χ2v) is 5.29. The molecule has 0 unspecified atom stereocenters. The van der Waals surface area contributed by atoms with Crippen molar-refractivity contribution in [1.82, 2.24) is 14.8 Å². The molecule has 0 fully saturated rings. The van der Waals surface area contributed by atoms with Gasteiger partial charge in [-0.25, -0.2) is 9.67 Å². The van der Waals surface area contributed by atoms with Crippen molar-refractivity contribution in [3.05, 3.63) is 60.0 Å². The van der Waals surface area contributed by atoms with E-state index in [1.807, 2.05) is 6.92 Å². The molecule has 1 N–H and O–H groups in total. The van der Waals surface area contributed by atoms with E-state index in [1.54, 1.807) is 67.8 Å². The van der Waals surface area contributed by atoms with Gasteiger partial charge in [0.15, 0.2) is 5.82 Å². The minimum Gasteiger partial charge on any atom is -0.496 e. The zero-order valence-electron chi connectivity index (χ0n) is 14.2. The highest BCUT2D eigenvalue weighted by Gasteiger charge is 2.16. The molecule has 3 rings (SSSR count). The first-order valence-corrected chi connectivity index (χ1v) is 7.63. The third kappa shape index (κ3) is 3.30. The van der Waals surface area contributed by atoms with Crippen LogP contribution in [0.15, 0.2) is 48.9 Å². The van der Waals surface area contributed by atoms with Gasteiger partial charge in [-0.15, -0.1) is 0 Å². The predicted molar refractivity (Wildman–Crippen MR) is 93.6 cm³/mol. The number of amides is 1. The van der Waals surface area contributed by atoms with Crippen LogP contribution in [-0.4, -0.2) is 34.9 Å². The Balaban J connectivity index is 1.94. The minimum atomic E-state index is -0.294. The molecule has 1 amide bonds. The Bertz CT molecular complexity index is 866. The number of nitrogens with one attached hydrogen (secondary N) is 1. The van der Waals surface area contributed by atoms with Gasteiger partial charge in [-0.1, -0.05) is 0 Å². The Labute approximate surface area is 145 Å². The quantitative estimate of drug-likeness (QED) is 0.774. The third-order valence-electron chi connectivity index (χ3n) is 3.77. The smallest absolute Gasteiger partial charge is 0.256 e. The van der Waals surface area contributed by atoms with Crippen molar-refractivity contribution in [2.75, 3.05) is 19.5 Å². The summed E-state index contributed by atoms with van der Waals surface area (Å²) in [4.78, 5) is 17.0. The summed E-state index contributed by atoms with van der Waals surface area (Å²) in [6, 6.07) is 8.66. The van der Waals surface area contributed by atoms with Crippen molar-refractivity contribution in [2.24, 2.45) is 0 Å². The van der Waals surface area contributed by atoms with E-state index < -0.39 is 0 Å². The molecule has 0 spiro atoms. The lowest BCUT2D eigenvalue weighted by Crippen LogP contribution is -2.15. The fourth-order valence-electron chi connectivity index (χ4n) is 2.48. The SMILES string of the molecule is COc1cc(C(=O)Nc2cccnc2-n2cccn2)cc(OC)c1C. The van der Waals surface area contributed by atoms with E-state index in [4.69, 9.17) is 9.47 Å². The van der Waals surface area contributed by atoms with E-state index in [1.165, 1.54) is 0 Å². The average molecular weight is 338 g/mol. The number of methoxy groups -OCH3 is 2. The van der Waals surface area contributed by atoms with E-state index in [2.05, 4.69) is 15.4 Å². The van der Waals surface area contributed by atoms with Crippen LogP contribution >= 0.6 is 0 Å². The summed E-state index contributed by atoms with van der Waals surface area (Å²) in [5.74, 6) is 1.41. The highest BCUT2D eigenvalue weighted by atomic mass is 16.5. The van der Waals surface area contributed by atoms with Crippen molar-refractivity contribution in [3.63, 3.8) is 0 Å². The van der Waals surface area contributed by atoms with Crippen LogP contribution in [0.25, 0.3) is 5.82 Å². The number of anilines is 1. The first-order valence-electron chi connectivity index (χ1n) is 7.63. The lowest BCUT2D eigenvalue weighted by atomic mass is 10.1. The number of hydrogen-bond acceptors (Lipinski definition) is 5. The predicted octanol–water partition coefficient (Wildman–Crippen LogP) is 2.85. The Hall–Kier alpha value is -3.35. The maximum atomic E-state index is 12.7. The van der Waals surface area contributed by atoms with Crippen molar-refractivity contribution < 1.29 is 14.3 Å². The molecular formula is C18H18N4O3. The summed E-state index contributed by atoms with van der Waals surface area (Å²) in [6.07, 6.45) is 5.05. The molecule has 7 heteroatoms. The molecule has 7 nitrogen and oxygen atoms in total. The molecule has 0 aliphatic carbocycles. The first kappa shape index (κ1) is 16.5. The van der Waals surface area contributed by atoms with Crippen LogP contribution in [0.3, 0.4) is 0 Å². The fourth-order valence-corrected chi connectivity index (χ4v) is 2.48. The number of nitrogens with zero attached hydrogens (tertiary/aromatic N) is 3. The van der Waals surface area contributed by atoms with Crippen LogP contribution in [-0.2, 0) is 0 Å². The number of benzene rings is 1. The van der Waals surface area contributed by atoms with Gasteiger partial charge in [0.1, 0.15) is 11.5 Å². The zero-order chi connectivity index (χ0) is 17.8. The topological polar surface area (TPSA) is 78.3 Å². The molecule has 3 aromatic rings. The lowest BCUT2D eigenvalue weighted by Gasteiger charge is -2.14. The number of carbonyl (C=O) groups is 1. The van der Waals surface area contributed by atoms with Gasteiger partial charge in [-0.05, 0) is 37.3 Å². The van der Waals surface area contributed by atoms with Crippen LogP contribution < -0.4 is 14.8 Å². The van der Waals surface area contributed by atoms with Gasteiger partial charge in [-0.3, -0.25) is 4.79 Å². The number of ether oxygens (including phenoxy) is 2. The lowest BCUT2D eigenvalue weighted by molar-refractivity contribution is 0.102. The van der Waals surface area contributed by atoms with Crippen molar-refractivity contribution in [1.29, 1.82) is 0 Å². The Kier molecular flexibility index (Phi) is 4.65. The molecule has 1 aromatic carbocycles. The zero-order valence-corrected chi connectivity index (χ0v) is 14.2. The summed E-state index contributed by atoms with van der Waals surface area (Å²) in [5, 5.41) is 7.02. The van der Waals surface area contributed by atoms with E-state index in [9.17, 15) is 4.79 Å². The summed E-state index contributed by atoms with van der Waals surface area (Å²) < 4.78 is 12.2. The number of hydrogen-bond donors (Lipinski definition) is 1. The van der Waals surface area contributed by atoms with Crippen LogP contribution in [0.5, 0.6) is 11.5 Å². The molecule has 0 bridgehead atoms. The largest absolute Gasteiger partial charge is 0.496 e. The first-order chi connectivity index (χ1) is 12.1. The van der Waals surface area contributed by atoms with Gasteiger partial charge < -0.3 is 14.8 Å². The molecule has 0 aliphatic heterocycles. The molecule has 0 radical (unpaired) electrons. The number of carbonyl (C=O) groups excluding carboxylic acids is 1. The van der Waals surface area contributed by atoms with Crippen LogP contribution in [0, 0.1) is 6.92 Å². The number of pyridine rings is 1. The van der Waals surface area contributed by atoms with E-state index in [0.29, 0.717) is 28.6 Å². The van der Waals surface area contributed by atoms with Gasteiger partial charge in [0.05, 0.1) is 19.9 Å². The Morgan fingerprint density at radius 1 is 1.12 bits per heavy atom. The summed E-state index contributed by atoms with van der Waals surface area (Å²) in [6.45, 7) is 1.87. The summed E-state index contributed by atoms with van der Waals surface area (Å²) in [5.41, 5.74) is 1.81. The highest BCUT2D eigenvalue weighted by molar-refractivity contribution is 6.05. The molecule has 128 valence electrons. The second-order valence-electron chi connectivity index (χ2n) is 5.29. The van der Waals surface area contributed by atoms with Crippen molar-refractivity contribution in [3.8, 4) is 17.3 Å². The van der Waals surface area contributed by atoms with Gasteiger partial charge in [0.25, 0.3) is 5.91 Å².